The summed E-state index contributed by atoms with van der Waals surface area (Å²) in [4.78, 5) is 13.8. The first kappa shape index (κ1) is 13.5. The fourth-order valence-corrected chi connectivity index (χ4v) is 2.47. The first-order valence-corrected chi connectivity index (χ1v) is 6.32. The topological polar surface area (TPSA) is 46.3 Å². The maximum atomic E-state index is 13.2. The molecule has 1 amide bonds. The lowest BCUT2D eigenvalue weighted by atomic mass is 10.1. The average Bonchev–Trinajstić information content (AvgIpc) is 2.86. The number of nitrogens with two attached hydrogens (primary N) is 1. The van der Waals surface area contributed by atoms with Gasteiger partial charge in [-0.1, -0.05) is 0 Å². The third kappa shape index (κ3) is 2.22. The van der Waals surface area contributed by atoms with E-state index in [4.69, 9.17) is 5.73 Å². The number of rotatable bonds is 1. The van der Waals surface area contributed by atoms with Crippen molar-refractivity contribution in [1.82, 2.24) is 0 Å². The van der Waals surface area contributed by atoms with E-state index < -0.39 is 23.4 Å². The Morgan fingerprint density at radius 1 is 1.10 bits per heavy atom. The summed E-state index contributed by atoms with van der Waals surface area (Å²) in [5, 5.41) is 0. The summed E-state index contributed by atoms with van der Waals surface area (Å²) in [6.07, 6.45) is 0.609. The number of anilines is 2. The molecule has 0 aromatic heterocycles. The minimum Gasteiger partial charge on any atom is -0.399 e. The quantitative estimate of drug-likeness (QED) is 0.649. The fraction of sp³-hybridized carbons (Fsp3) is 0.133. The molecule has 2 aromatic carbocycles. The number of carbonyl (C=O) groups excluding carboxylic acids is 1. The van der Waals surface area contributed by atoms with E-state index in [9.17, 15) is 18.0 Å². The van der Waals surface area contributed by atoms with Crippen LogP contribution in [-0.2, 0) is 6.42 Å². The summed E-state index contributed by atoms with van der Waals surface area (Å²) in [6, 6.07) is 6.50. The van der Waals surface area contributed by atoms with Crippen LogP contribution in [0.15, 0.2) is 30.3 Å². The van der Waals surface area contributed by atoms with E-state index in [0.717, 1.165) is 5.56 Å². The lowest BCUT2D eigenvalue weighted by molar-refractivity contribution is 0.0988. The van der Waals surface area contributed by atoms with Crippen LogP contribution in [0.4, 0.5) is 24.5 Å². The Kier molecular flexibility index (Phi) is 3.08. The number of halogens is 3. The van der Waals surface area contributed by atoms with E-state index in [1.807, 2.05) is 0 Å². The normalized spacial score (nSPS) is 13.4. The summed E-state index contributed by atoms with van der Waals surface area (Å²) in [6.45, 7) is 0.387. The van der Waals surface area contributed by atoms with Crippen LogP contribution in [0.5, 0.6) is 0 Å². The Labute approximate surface area is 118 Å². The Morgan fingerprint density at radius 2 is 1.76 bits per heavy atom. The number of amides is 1. The molecule has 3 nitrogen and oxygen atoms in total. The zero-order valence-electron chi connectivity index (χ0n) is 10.9. The van der Waals surface area contributed by atoms with Crippen molar-refractivity contribution in [1.29, 1.82) is 0 Å². The smallest absolute Gasteiger partial charge is 0.258 e. The van der Waals surface area contributed by atoms with Crippen molar-refractivity contribution in [2.45, 2.75) is 6.42 Å². The van der Waals surface area contributed by atoms with Crippen molar-refractivity contribution in [3.63, 3.8) is 0 Å². The zero-order chi connectivity index (χ0) is 15.1. The van der Waals surface area contributed by atoms with Crippen LogP contribution in [-0.4, -0.2) is 12.5 Å². The first-order valence-electron chi connectivity index (χ1n) is 6.32. The third-order valence-corrected chi connectivity index (χ3v) is 3.48. The van der Waals surface area contributed by atoms with Crippen molar-refractivity contribution in [3.8, 4) is 0 Å². The van der Waals surface area contributed by atoms with Gasteiger partial charge in [0.15, 0.2) is 17.5 Å². The number of benzene rings is 2. The largest absolute Gasteiger partial charge is 0.399 e. The molecule has 21 heavy (non-hydrogen) atoms. The van der Waals surface area contributed by atoms with E-state index in [1.54, 1.807) is 18.2 Å². The molecule has 0 spiro atoms. The standard InChI is InChI=1S/C15H11F3N2O/c16-11-6-9(7-12(17)14(11)18)15(21)20-4-3-8-5-10(19)1-2-13(8)20/h1-2,5-7H,3-4,19H2. The van der Waals surface area contributed by atoms with Crippen molar-refractivity contribution in [3.05, 3.63) is 58.9 Å². The van der Waals surface area contributed by atoms with Gasteiger partial charge in [0.2, 0.25) is 0 Å². The second-order valence-electron chi connectivity index (χ2n) is 4.85. The summed E-state index contributed by atoms with van der Waals surface area (Å²) in [7, 11) is 0. The lowest BCUT2D eigenvalue weighted by Crippen LogP contribution is -2.29. The molecule has 0 atom stereocenters. The van der Waals surface area contributed by atoms with E-state index in [-0.39, 0.29) is 5.56 Å². The van der Waals surface area contributed by atoms with Gasteiger partial charge in [-0.25, -0.2) is 13.2 Å². The van der Waals surface area contributed by atoms with Gasteiger partial charge < -0.3 is 10.6 Å². The minimum atomic E-state index is -1.58. The summed E-state index contributed by atoms with van der Waals surface area (Å²) in [5.41, 5.74) is 7.58. The third-order valence-electron chi connectivity index (χ3n) is 3.48. The Balaban J connectivity index is 1.98. The summed E-state index contributed by atoms with van der Waals surface area (Å²) in [5.74, 6) is -4.91. The van der Waals surface area contributed by atoms with E-state index >= 15 is 0 Å². The van der Waals surface area contributed by atoms with Crippen molar-refractivity contribution < 1.29 is 18.0 Å². The summed E-state index contributed by atoms with van der Waals surface area (Å²) < 4.78 is 39.4. The highest BCUT2D eigenvalue weighted by molar-refractivity contribution is 6.07. The van der Waals surface area contributed by atoms with Gasteiger partial charge in [0.05, 0.1) is 0 Å². The minimum absolute atomic E-state index is 0.226. The van der Waals surface area contributed by atoms with Crippen LogP contribution in [0, 0.1) is 17.5 Å². The molecule has 0 saturated heterocycles. The van der Waals surface area contributed by atoms with Crippen molar-refractivity contribution in [2.75, 3.05) is 17.2 Å². The molecule has 3 rings (SSSR count). The number of carbonyl (C=O) groups is 1. The van der Waals surface area contributed by atoms with Gasteiger partial charge in [-0.05, 0) is 42.3 Å². The maximum Gasteiger partial charge on any atom is 0.258 e. The molecule has 1 aliphatic heterocycles. The maximum absolute atomic E-state index is 13.2. The molecular weight excluding hydrogens is 281 g/mol. The van der Waals surface area contributed by atoms with Crippen LogP contribution in [0.1, 0.15) is 15.9 Å². The zero-order valence-corrected chi connectivity index (χ0v) is 10.9. The van der Waals surface area contributed by atoms with Gasteiger partial charge in [-0.15, -0.1) is 0 Å². The predicted octanol–water partition coefficient (Wildman–Crippen LogP) is 2.89. The number of nitrogen functional groups attached to an aromatic ring is 1. The van der Waals surface area contributed by atoms with Gasteiger partial charge >= 0.3 is 0 Å². The SMILES string of the molecule is Nc1ccc2c(c1)CCN2C(=O)c1cc(F)c(F)c(F)c1. The molecule has 0 fully saturated rings. The van der Waals surface area contributed by atoms with Crippen molar-refractivity contribution in [2.24, 2.45) is 0 Å². The van der Waals surface area contributed by atoms with Gasteiger partial charge in [0, 0.05) is 23.5 Å². The van der Waals surface area contributed by atoms with Gasteiger partial charge in [-0.2, -0.15) is 0 Å². The molecule has 6 heteroatoms. The highest BCUT2D eigenvalue weighted by Crippen LogP contribution is 2.31. The van der Waals surface area contributed by atoms with E-state index in [1.165, 1.54) is 4.90 Å². The predicted molar refractivity (Wildman–Crippen MR) is 72.6 cm³/mol. The first-order chi connectivity index (χ1) is 9.97. The molecule has 0 saturated carbocycles. The molecule has 108 valence electrons. The number of hydrogen-bond acceptors (Lipinski definition) is 2. The average molecular weight is 292 g/mol. The molecule has 0 unspecified atom stereocenters. The van der Waals surface area contributed by atoms with Crippen LogP contribution in [0.3, 0.4) is 0 Å². The molecule has 0 bridgehead atoms. The number of nitrogens with zero attached hydrogens (tertiary/aromatic N) is 1. The van der Waals surface area contributed by atoms with Gasteiger partial charge in [0.25, 0.3) is 5.91 Å². The molecule has 0 radical (unpaired) electrons. The van der Waals surface area contributed by atoms with Crippen LogP contribution in [0.2, 0.25) is 0 Å². The number of fused-ring (bicyclic) bond motifs is 1. The lowest BCUT2D eigenvalue weighted by Gasteiger charge is -2.17. The second-order valence-corrected chi connectivity index (χ2v) is 4.85. The van der Waals surface area contributed by atoms with Gasteiger partial charge in [-0.3, -0.25) is 4.79 Å². The Hall–Kier alpha value is -2.50. The van der Waals surface area contributed by atoms with E-state index in [0.29, 0.717) is 36.5 Å². The second kappa shape index (κ2) is 4.80. The molecule has 1 aliphatic rings. The molecule has 2 aromatic rings. The van der Waals surface area contributed by atoms with Crippen LogP contribution < -0.4 is 10.6 Å². The Morgan fingerprint density at radius 3 is 2.43 bits per heavy atom. The van der Waals surface area contributed by atoms with Crippen LogP contribution in [0.25, 0.3) is 0 Å². The Bertz CT molecular complexity index is 723. The van der Waals surface area contributed by atoms with E-state index in [2.05, 4.69) is 0 Å². The fourth-order valence-electron chi connectivity index (χ4n) is 2.47. The molecule has 1 heterocycles. The highest BCUT2D eigenvalue weighted by atomic mass is 19.2. The molecule has 0 aliphatic carbocycles. The van der Waals surface area contributed by atoms with Crippen LogP contribution >= 0.6 is 0 Å². The summed E-state index contributed by atoms with van der Waals surface area (Å²) >= 11 is 0. The monoisotopic (exact) mass is 292 g/mol. The molecule has 2 N–H and O–H groups in total. The molecular formula is C15H11F3N2O. The van der Waals surface area contributed by atoms with Crippen molar-refractivity contribution >= 4 is 17.3 Å². The highest BCUT2D eigenvalue weighted by Gasteiger charge is 2.27. The van der Waals surface area contributed by atoms with Gasteiger partial charge in [0.1, 0.15) is 0 Å². The number of hydrogen-bond donors (Lipinski definition) is 1.